The lowest BCUT2D eigenvalue weighted by molar-refractivity contribution is -0.142. The van der Waals surface area contributed by atoms with Crippen LogP contribution < -0.4 is 20.9 Å². The number of rotatable bonds is 9. The van der Waals surface area contributed by atoms with Crippen molar-refractivity contribution in [3.8, 4) is 5.75 Å². The average Bonchev–Trinajstić information content (AvgIpc) is 3.33. The minimum Gasteiger partial charge on any atom is -0.468 e. The molecule has 0 saturated carbocycles. The molecule has 1 aromatic heterocycles. The number of aromatic amines is 1. The van der Waals surface area contributed by atoms with Gasteiger partial charge in [0.1, 0.15) is 12.1 Å². The van der Waals surface area contributed by atoms with Gasteiger partial charge in [0.25, 0.3) is 5.56 Å². The lowest BCUT2D eigenvalue weighted by Gasteiger charge is -2.24. The van der Waals surface area contributed by atoms with Crippen LogP contribution >= 0.6 is 7.75 Å². The van der Waals surface area contributed by atoms with Crippen LogP contribution in [-0.2, 0) is 23.4 Å². The van der Waals surface area contributed by atoms with E-state index in [0.29, 0.717) is 0 Å². The molecule has 4 unspecified atom stereocenters. The van der Waals surface area contributed by atoms with Crippen molar-refractivity contribution < 1.29 is 49.8 Å². The van der Waals surface area contributed by atoms with Gasteiger partial charge in [-0.3, -0.25) is 23.7 Å². The Bertz CT molecular complexity index is 1380. The zero-order valence-corrected chi connectivity index (χ0v) is 20.1. The van der Waals surface area contributed by atoms with Gasteiger partial charge in [-0.15, -0.1) is 0 Å². The van der Waals surface area contributed by atoms with E-state index in [1.54, 1.807) is 0 Å². The van der Waals surface area contributed by atoms with Crippen molar-refractivity contribution >= 4 is 13.7 Å². The van der Waals surface area contributed by atoms with Crippen molar-refractivity contribution in [1.82, 2.24) is 14.6 Å². The van der Waals surface area contributed by atoms with Crippen LogP contribution in [0.4, 0.5) is 22.0 Å². The zero-order chi connectivity index (χ0) is 27.7. The summed E-state index contributed by atoms with van der Waals surface area (Å²) < 4.78 is 103. The van der Waals surface area contributed by atoms with Crippen molar-refractivity contribution in [2.45, 2.75) is 32.2 Å². The van der Waals surface area contributed by atoms with Crippen molar-refractivity contribution in [2.75, 3.05) is 13.7 Å². The minimum absolute atomic E-state index is 0.193. The SMILES string of the molecule is COC(=O)C(C)NP(=O)(OCC1C=CC(n2cc(C)c(=O)[nH]c2=O)O1)Oc1c(F)c(F)c(F)c(F)c1F. The first kappa shape index (κ1) is 28.2. The highest BCUT2D eigenvalue weighted by Gasteiger charge is 2.38. The number of nitrogens with one attached hydrogen (secondary N) is 2. The average molecular weight is 555 g/mol. The molecule has 3 rings (SSSR count). The Labute approximate surface area is 204 Å². The number of carbonyl (C=O) groups is 1. The third kappa shape index (κ3) is 5.98. The minimum atomic E-state index is -5.06. The molecule has 1 aliphatic heterocycles. The molecule has 202 valence electrons. The molecule has 0 aliphatic carbocycles. The number of esters is 1. The van der Waals surface area contributed by atoms with E-state index in [9.17, 15) is 40.9 Å². The van der Waals surface area contributed by atoms with Gasteiger partial charge in [-0.05, 0) is 19.9 Å². The van der Waals surface area contributed by atoms with Gasteiger partial charge in [0.2, 0.25) is 34.8 Å². The molecule has 17 heteroatoms. The topological polar surface area (TPSA) is 138 Å². The number of aromatic nitrogens is 2. The summed E-state index contributed by atoms with van der Waals surface area (Å²) in [6.45, 7) is 1.82. The maximum Gasteiger partial charge on any atom is 0.459 e. The number of carbonyl (C=O) groups excluding carboxylic acids is 1. The summed E-state index contributed by atoms with van der Waals surface area (Å²) in [6, 6.07) is -1.49. The molecule has 2 N–H and O–H groups in total. The van der Waals surface area contributed by atoms with E-state index in [1.807, 2.05) is 5.09 Å². The van der Waals surface area contributed by atoms with E-state index in [0.717, 1.165) is 18.6 Å². The molecule has 4 atom stereocenters. The summed E-state index contributed by atoms with van der Waals surface area (Å²) in [4.78, 5) is 37.4. The predicted molar refractivity (Wildman–Crippen MR) is 114 cm³/mol. The van der Waals surface area contributed by atoms with Gasteiger partial charge in [-0.1, -0.05) is 6.08 Å². The fourth-order valence-electron chi connectivity index (χ4n) is 3.03. The fraction of sp³-hybridized carbons (Fsp3) is 0.350. The highest BCUT2D eigenvalue weighted by atomic mass is 31.2. The van der Waals surface area contributed by atoms with Crippen LogP contribution in [-0.4, -0.2) is 41.4 Å². The molecule has 1 aliphatic rings. The van der Waals surface area contributed by atoms with Gasteiger partial charge in [-0.2, -0.15) is 13.9 Å². The molecule has 2 heterocycles. The van der Waals surface area contributed by atoms with Crippen LogP contribution in [0.1, 0.15) is 18.7 Å². The highest BCUT2D eigenvalue weighted by molar-refractivity contribution is 7.52. The normalized spacial score (nSPS) is 19.5. The molecule has 1 aromatic carbocycles. The number of hydrogen-bond acceptors (Lipinski definition) is 8. The molecule has 11 nitrogen and oxygen atoms in total. The van der Waals surface area contributed by atoms with E-state index < -0.39 is 84.8 Å². The Morgan fingerprint density at radius 3 is 2.32 bits per heavy atom. The van der Waals surface area contributed by atoms with E-state index in [-0.39, 0.29) is 5.56 Å². The summed E-state index contributed by atoms with van der Waals surface area (Å²) in [7, 11) is -4.09. The molecule has 0 fully saturated rings. The Morgan fingerprint density at radius 2 is 1.73 bits per heavy atom. The lowest BCUT2D eigenvalue weighted by Crippen LogP contribution is -2.35. The van der Waals surface area contributed by atoms with Gasteiger partial charge in [0.05, 0.1) is 13.7 Å². The van der Waals surface area contributed by atoms with Crippen LogP contribution in [0, 0.1) is 36.0 Å². The number of nitrogens with zero attached hydrogens (tertiary/aromatic N) is 1. The number of aryl methyl sites for hydroxylation is 1. The Balaban J connectivity index is 1.84. The Hall–Kier alpha value is -3.33. The van der Waals surface area contributed by atoms with Crippen molar-refractivity contribution in [3.05, 3.63) is 73.8 Å². The summed E-state index contributed by atoms with van der Waals surface area (Å²) in [5, 5.41) is 1.98. The molecular formula is C20H19F5N3O8P. The predicted octanol–water partition coefficient (Wildman–Crippen LogP) is 2.35. The molecule has 0 radical (unpaired) electrons. The van der Waals surface area contributed by atoms with E-state index >= 15 is 0 Å². The highest BCUT2D eigenvalue weighted by Crippen LogP contribution is 2.47. The Kier molecular flexibility index (Phi) is 8.37. The van der Waals surface area contributed by atoms with Gasteiger partial charge in [-0.25, -0.2) is 22.5 Å². The van der Waals surface area contributed by atoms with Crippen molar-refractivity contribution in [3.63, 3.8) is 0 Å². The van der Waals surface area contributed by atoms with Crippen molar-refractivity contribution in [1.29, 1.82) is 0 Å². The summed E-state index contributed by atoms with van der Waals surface area (Å²) in [5.74, 6) is -15.0. The van der Waals surface area contributed by atoms with Crippen LogP contribution in [0.15, 0.2) is 27.9 Å². The zero-order valence-electron chi connectivity index (χ0n) is 19.2. The molecule has 37 heavy (non-hydrogen) atoms. The maximum atomic E-state index is 14.1. The molecule has 0 saturated heterocycles. The second kappa shape index (κ2) is 11.0. The van der Waals surface area contributed by atoms with E-state index in [2.05, 4.69) is 14.2 Å². The van der Waals surface area contributed by atoms with Crippen LogP contribution in [0.25, 0.3) is 0 Å². The van der Waals surface area contributed by atoms with Gasteiger partial charge < -0.3 is 14.0 Å². The number of halogens is 5. The third-order valence-electron chi connectivity index (χ3n) is 4.92. The lowest BCUT2D eigenvalue weighted by atomic mass is 10.3. The smallest absolute Gasteiger partial charge is 0.459 e. The third-order valence-corrected chi connectivity index (χ3v) is 6.54. The van der Waals surface area contributed by atoms with Crippen LogP contribution in [0.5, 0.6) is 5.75 Å². The maximum absolute atomic E-state index is 14.1. The van der Waals surface area contributed by atoms with Gasteiger partial charge in [0.15, 0.2) is 6.23 Å². The van der Waals surface area contributed by atoms with Crippen LogP contribution in [0.3, 0.4) is 0 Å². The van der Waals surface area contributed by atoms with E-state index in [4.69, 9.17) is 9.26 Å². The summed E-state index contributed by atoms with van der Waals surface area (Å²) in [6.07, 6.45) is 1.80. The van der Waals surface area contributed by atoms with Gasteiger partial charge in [0, 0.05) is 11.8 Å². The second-order valence-electron chi connectivity index (χ2n) is 7.59. The first-order valence-corrected chi connectivity index (χ1v) is 11.8. The molecule has 0 spiro atoms. The first-order valence-electron chi connectivity index (χ1n) is 10.2. The number of hydrogen-bond donors (Lipinski definition) is 2. The second-order valence-corrected chi connectivity index (χ2v) is 9.28. The first-order chi connectivity index (χ1) is 17.3. The fourth-order valence-corrected chi connectivity index (χ4v) is 4.53. The monoisotopic (exact) mass is 555 g/mol. The summed E-state index contributed by atoms with van der Waals surface area (Å²) >= 11 is 0. The number of H-pyrrole nitrogens is 1. The number of methoxy groups -OCH3 is 1. The largest absolute Gasteiger partial charge is 0.468 e. The van der Waals surface area contributed by atoms with Gasteiger partial charge >= 0.3 is 19.4 Å². The quantitative estimate of drug-likeness (QED) is 0.119. The van der Waals surface area contributed by atoms with E-state index in [1.165, 1.54) is 25.3 Å². The van der Waals surface area contributed by atoms with Crippen LogP contribution in [0.2, 0.25) is 0 Å². The number of ether oxygens (including phenoxy) is 2. The number of benzene rings is 1. The standard InChI is InChI=1S/C20H19F5N3O8P/c1-8-6-28(20(31)26-18(8)29)11-5-4-10(35-11)7-34-37(32,27-9(2)19(30)33-3)36-17-15(24)13(22)12(21)14(23)16(17)25/h4-6,9-11H,7H2,1-3H3,(H,27,32)(H,26,29,31). The Morgan fingerprint density at radius 1 is 1.14 bits per heavy atom. The van der Waals surface area contributed by atoms with Crippen molar-refractivity contribution in [2.24, 2.45) is 0 Å². The molecule has 2 aromatic rings. The summed E-state index contributed by atoms with van der Waals surface area (Å²) in [5.41, 5.74) is -1.22. The molecule has 0 bridgehead atoms. The molecular weight excluding hydrogens is 536 g/mol. The molecule has 0 amide bonds.